The zero-order chi connectivity index (χ0) is 19.2. The molecule has 2 aromatic carbocycles. The fourth-order valence-corrected chi connectivity index (χ4v) is 3.64. The van der Waals surface area contributed by atoms with Crippen LogP contribution in [0.4, 0.5) is 5.69 Å². The van der Waals surface area contributed by atoms with Gasteiger partial charge in [0, 0.05) is 24.6 Å². The van der Waals surface area contributed by atoms with E-state index in [0.717, 1.165) is 36.4 Å². The van der Waals surface area contributed by atoms with Gasteiger partial charge >= 0.3 is 0 Å². The predicted molar refractivity (Wildman–Crippen MR) is 102 cm³/mol. The molecule has 0 radical (unpaired) electrons. The Morgan fingerprint density at radius 1 is 1.22 bits per heavy atom. The Bertz CT molecular complexity index is 843. The second kappa shape index (κ2) is 8.56. The molecule has 2 atom stereocenters. The SMILES string of the molecule is COc1ccc([C@@H]2CCC[NH+]2CC(=O)Nc2ccc(C#N)cc2)c(OC)c1. The van der Waals surface area contributed by atoms with Gasteiger partial charge in [-0.3, -0.25) is 4.79 Å². The summed E-state index contributed by atoms with van der Waals surface area (Å²) in [6.07, 6.45) is 2.08. The number of benzene rings is 2. The molecule has 1 heterocycles. The monoisotopic (exact) mass is 366 g/mol. The Hall–Kier alpha value is -3.04. The third kappa shape index (κ3) is 4.39. The number of nitrogens with one attached hydrogen (secondary N) is 2. The smallest absolute Gasteiger partial charge is 0.279 e. The standard InChI is InChI=1S/C21H23N3O3/c1-26-17-9-10-18(20(12-17)27-2)19-4-3-11-24(19)14-21(25)23-16-7-5-15(13-22)6-8-16/h5-10,12,19H,3-4,11,14H2,1-2H3,(H,23,25)/p+1/t19-/m0/s1. The second-order valence-electron chi connectivity index (χ2n) is 6.63. The Morgan fingerprint density at radius 2 is 2.00 bits per heavy atom. The lowest BCUT2D eigenvalue weighted by molar-refractivity contribution is -0.910. The van der Waals surface area contributed by atoms with Gasteiger partial charge in [-0.25, -0.2) is 0 Å². The minimum absolute atomic E-state index is 0.0333. The summed E-state index contributed by atoms with van der Waals surface area (Å²) in [5.41, 5.74) is 2.39. The van der Waals surface area contributed by atoms with Crippen LogP contribution in [0.15, 0.2) is 42.5 Å². The Labute approximate surface area is 159 Å². The summed E-state index contributed by atoms with van der Waals surface area (Å²) < 4.78 is 10.8. The van der Waals surface area contributed by atoms with E-state index in [0.29, 0.717) is 17.8 Å². The first-order chi connectivity index (χ1) is 13.1. The van der Waals surface area contributed by atoms with Crippen molar-refractivity contribution in [2.45, 2.75) is 18.9 Å². The van der Waals surface area contributed by atoms with E-state index in [2.05, 4.69) is 11.4 Å². The highest BCUT2D eigenvalue weighted by Gasteiger charge is 2.33. The molecule has 0 saturated carbocycles. The summed E-state index contributed by atoms with van der Waals surface area (Å²) in [4.78, 5) is 13.7. The average molecular weight is 366 g/mol. The number of quaternary nitrogens is 1. The molecule has 1 aliphatic rings. The lowest BCUT2D eigenvalue weighted by Crippen LogP contribution is -3.11. The van der Waals surface area contributed by atoms with Crippen LogP contribution in [-0.2, 0) is 4.79 Å². The van der Waals surface area contributed by atoms with Gasteiger partial charge in [-0.2, -0.15) is 5.26 Å². The van der Waals surface area contributed by atoms with E-state index in [1.807, 2.05) is 18.2 Å². The number of carbonyl (C=O) groups excluding carboxylic acids is 1. The third-order valence-electron chi connectivity index (χ3n) is 4.98. The lowest BCUT2D eigenvalue weighted by atomic mass is 10.0. The maximum absolute atomic E-state index is 12.5. The first-order valence-electron chi connectivity index (χ1n) is 9.01. The highest BCUT2D eigenvalue weighted by atomic mass is 16.5. The number of nitrogens with zero attached hydrogens (tertiary/aromatic N) is 1. The Morgan fingerprint density at radius 3 is 2.67 bits per heavy atom. The van der Waals surface area contributed by atoms with Gasteiger partial charge in [0.25, 0.3) is 5.91 Å². The summed E-state index contributed by atoms with van der Waals surface area (Å²) in [5, 5.41) is 11.8. The number of rotatable bonds is 6. The van der Waals surface area contributed by atoms with Gasteiger partial charge in [-0.1, -0.05) is 0 Å². The quantitative estimate of drug-likeness (QED) is 0.819. The van der Waals surface area contributed by atoms with E-state index in [1.54, 1.807) is 38.5 Å². The van der Waals surface area contributed by atoms with E-state index in [9.17, 15) is 4.79 Å². The summed E-state index contributed by atoms with van der Waals surface area (Å²) >= 11 is 0. The van der Waals surface area contributed by atoms with Gasteiger partial charge in [0.15, 0.2) is 6.54 Å². The van der Waals surface area contributed by atoms with Crippen molar-refractivity contribution in [2.75, 3.05) is 32.6 Å². The third-order valence-corrected chi connectivity index (χ3v) is 4.98. The first kappa shape index (κ1) is 18.7. The van der Waals surface area contributed by atoms with Gasteiger partial charge in [0.1, 0.15) is 17.5 Å². The number of hydrogen-bond acceptors (Lipinski definition) is 4. The summed E-state index contributed by atoms with van der Waals surface area (Å²) in [6, 6.07) is 15.0. The maximum atomic E-state index is 12.5. The minimum Gasteiger partial charge on any atom is -0.497 e. The van der Waals surface area contributed by atoms with Crippen molar-refractivity contribution >= 4 is 11.6 Å². The predicted octanol–water partition coefficient (Wildman–Crippen LogP) is 1.93. The number of nitriles is 1. The van der Waals surface area contributed by atoms with Gasteiger partial charge in [-0.05, 0) is 36.4 Å². The van der Waals surface area contributed by atoms with E-state index < -0.39 is 0 Å². The molecule has 0 spiro atoms. The van der Waals surface area contributed by atoms with E-state index in [1.165, 1.54) is 4.90 Å². The fraction of sp³-hybridized carbons (Fsp3) is 0.333. The normalized spacial score (nSPS) is 18.6. The number of methoxy groups -OCH3 is 2. The average Bonchev–Trinajstić information content (AvgIpc) is 3.15. The molecule has 0 aliphatic carbocycles. The van der Waals surface area contributed by atoms with Crippen LogP contribution in [-0.4, -0.2) is 33.2 Å². The number of carbonyl (C=O) groups is 1. The van der Waals surface area contributed by atoms with E-state index in [-0.39, 0.29) is 11.9 Å². The van der Waals surface area contributed by atoms with Crippen molar-refractivity contribution in [1.82, 2.24) is 0 Å². The van der Waals surface area contributed by atoms with Crippen LogP contribution < -0.4 is 19.7 Å². The molecule has 3 rings (SSSR count). The van der Waals surface area contributed by atoms with Crippen LogP contribution in [0.5, 0.6) is 11.5 Å². The molecule has 6 heteroatoms. The first-order valence-corrected chi connectivity index (χ1v) is 9.01. The fourth-order valence-electron chi connectivity index (χ4n) is 3.64. The second-order valence-corrected chi connectivity index (χ2v) is 6.63. The molecular weight excluding hydrogens is 342 g/mol. The van der Waals surface area contributed by atoms with Crippen molar-refractivity contribution in [3.8, 4) is 17.6 Å². The van der Waals surface area contributed by atoms with Crippen molar-refractivity contribution in [3.05, 3.63) is 53.6 Å². The zero-order valence-electron chi connectivity index (χ0n) is 15.6. The molecule has 1 aliphatic heterocycles. The molecule has 27 heavy (non-hydrogen) atoms. The number of anilines is 1. The van der Waals surface area contributed by atoms with Crippen LogP contribution >= 0.6 is 0 Å². The van der Waals surface area contributed by atoms with Gasteiger partial charge < -0.3 is 19.7 Å². The molecule has 2 aromatic rings. The molecule has 0 aromatic heterocycles. The van der Waals surface area contributed by atoms with Gasteiger partial charge in [-0.15, -0.1) is 0 Å². The van der Waals surface area contributed by atoms with E-state index in [4.69, 9.17) is 14.7 Å². The van der Waals surface area contributed by atoms with Crippen LogP contribution in [0.25, 0.3) is 0 Å². The zero-order valence-corrected chi connectivity index (χ0v) is 15.6. The Kier molecular flexibility index (Phi) is 5.94. The van der Waals surface area contributed by atoms with Crippen molar-refractivity contribution in [1.29, 1.82) is 5.26 Å². The highest BCUT2D eigenvalue weighted by molar-refractivity contribution is 5.91. The van der Waals surface area contributed by atoms with Crippen LogP contribution in [0.3, 0.4) is 0 Å². The molecular formula is C21H24N3O3+. The van der Waals surface area contributed by atoms with E-state index >= 15 is 0 Å². The molecule has 0 bridgehead atoms. The largest absolute Gasteiger partial charge is 0.497 e. The molecule has 1 amide bonds. The molecule has 140 valence electrons. The highest BCUT2D eigenvalue weighted by Crippen LogP contribution is 2.31. The summed E-state index contributed by atoms with van der Waals surface area (Å²) in [7, 11) is 3.29. The molecule has 1 fully saturated rings. The number of hydrogen-bond donors (Lipinski definition) is 2. The van der Waals surface area contributed by atoms with Gasteiger partial charge in [0.2, 0.25) is 0 Å². The summed E-state index contributed by atoms with van der Waals surface area (Å²) in [6.45, 7) is 1.33. The minimum atomic E-state index is -0.0333. The molecule has 1 unspecified atom stereocenters. The molecule has 2 N–H and O–H groups in total. The summed E-state index contributed by atoms with van der Waals surface area (Å²) in [5.74, 6) is 1.52. The topological polar surface area (TPSA) is 75.8 Å². The van der Waals surface area contributed by atoms with Crippen molar-refractivity contribution in [3.63, 3.8) is 0 Å². The number of ether oxygens (including phenoxy) is 2. The van der Waals surface area contributed by atoms with Crippen LogP contribution in [0.1, 0.15) is 30.0 Å². The molecule has 1 saturated heterocycles. The van der Waals surface area contributed by atoms with Crippen molar-refractivity contribution in [2.24, 2.45) is 0 Å². The number of likely N-dealkylation sites (tertiary alicyclic amines) is 1. The van der Waals surface area contributed by atoms with Crippen LogP contribution in [0, 0.1) is 11.3 Å². The maximum Gasteiger partial charge on any atom is 0.279 e. The van der Waals surface area contributed by atoms with Crippen LogP contribution in [0.2, 0.25) is 0 Å². The molecule has 6 nitrogen and oxygen atoms in total. The van der Waals surface area contributed by atoms with Gasteiger partial charge in [0.05, 0.1) is 38.0 Å². The number of amides is 1. The van der Waals surface area contributed by atoms with Crippen molar-refractivity contribution < 1.29 is 19.2 Å². The Balaban J connectivity index is 1.69. The lowest BCUT2D eigenvalue weighted by Gasteiger charge is -2.23.